The molecule has 0 aliphatic carbocycles. The maximum absolute atomic E-state index is 11.8. The number of carboxylic acid groups (broad SMARTS) is 1. The van der Waals surface area contributed by atoms with Gasteiger partial charge in [-0.25, -0.2) is 4.79 Å². The van der Waals surface area contributed by atoms with E-state index in [0.29, 0.717) is 25.9 Å². The molecule has 2 N–H and O–H groups in total. The van der Waals surface area contributed by atoms with E-state index in [4.69, 9.17) is 9.84 Å². The van der Waals surface area contributed by atoms with Crippen molar-refractivity contribution in [3.63, 3.8) is 0 Å². The fourth-order valence-electron chi connectivity index (χ4n) is 2.24. The van der Waals surface area contributed by atoms with Crippen LogP contribution in [0.5, 0.6) is 5.75 Å². The second kappa shape index (κ2) is 9.87. The minimum absolute atomic E-state index is 0.214. The van der Waals surface area contributed by atoms with Crippen LogP contribution in [0.3, 0.4) is 0 Å². The van der Waals surface area contributed by atoms with Gasteiger partial charge in [-0.2, -0.15) is 0 Å². The van der Waals surface area contributed by atoms with Crippen molar-refractivity contribution in [2.75, 3.05) is 6.61 Å². The number of rotatable bonds is 10. The number of hydrogen-bond donors (Lipinski definition) is 2. The summed E-state index contributed by atoms with van der Waals surface area (Å²) in [7, 11) is 0. The van der Waals surface area contributed by atoms with Crippen LogP contribution in [0.4, 0.5) is 0 Å². The highest BCUT2D eigenvalue weighted by Gasteiger charge is 2.20. The van der Waals surface area contributed by atoms with Crippen molar-refractivity contribution in [2.45, 2.75) is 52.5 Å². The third-order valence-electron chi connectivity index (χ3n) is 3.40. The van der Waals surface area contributed by atoms with Crippen molar-refractivity contribution < 1.29 is 19.4 Å². The van der Waals surface area contributed by atoms with Gasteiger partial charge in [0.2, 0.25) is 5.91 Å². The Morgan fingerprint density at radius 3 is 2.61 bits per heavy atom. The Bertz CT molecular complexity index is 513. The first-order valence-corrected chi connectivity index (χ1v) is 8.10. The molecule has 0 fully saturated rings. The van der Waals surface area contributed by atoms with Crippen LogP contribution in [-0.2, 0) is 9.59 Å². The third-order valence-corrected chi connectivity index (χ3v) is 3.40. The van der Waals surface area contributed by atoms with Gasteiger partial charge in [0.25, 0.3) is 0 Å². The van der Waals surface area contributed by atoms with E-state index < -0.39 is 12.0 Å². The number of ether oxygens (including phenoxy) is 1. The van der Waals surface area contributed by atoms with Gasteiger partial charge in [-0.1, -0.05) is 26.0 Å². The Hall–Kier alpha value is -2.04. The van der Waals surface area contributed by atoms with Gasteiger partial charge in [-0.15, -0.1) is 0 Å². The number of aliphatic carboxylic acids is 1. The summed E-state index contributed by atoms with van der Waals surface area (Å²) in [6, 6.07) is 7.02. The first-order chi connectivity index (χ1) is 10.9. The minimum atomic E-state index is -0.977. The third kappa shape index (κ3) is 8.24. The number of aryl methyl sites for hydroxylation is 1. The van der Waals surface area contributed by atoms with Gasteiger partial charge in [-0.05, 0) is 49.8 Å². The quantitative estimate of drug-likeness (QED) is 0.649. The summed E-state index contributed by atoms with van der Waals surface area (Å²) in [4.78, 5) is 22.9. The summed E-state index contributed by atoms with van der Waals surface area (Å²) in [6.07, 6.45) is 2.19. The summed E-state index contributed by atoms with van der Waals surface area (Å²) in [6.45, 7) is 6.42. The Labute approximate surface area is 138 Å². The molecule has 0 radical (unpaired) electrons. The Morgan fingerprint density at radius 2 is 2.00 bits per heavy atom. The summed E-state index contributed by atoms with van der Waals surface area (Å²) in [5, 5.41) is 11.7. The summed E-state index contributed by atoms with van der Waals surface area (Å²) in [5.74, 6) is -0.139. The molecule has 0 heterocycles. The van der Waals surface area contributed by atoms with Crippen LogP contribution >= 0.6 is 0 Å². The number of hydrogen-bond acceptors (Lipinski definition) is 3. The highest BCUT2D eigenvalue weighted by Crippen LogP contribution is 2.13. The molecule has 1 rings (SSSR count). The molecule has 5 heteroatoms. The van der Waals surface area contributed by atoms with Crippen molar-refractivity contribution in [2.24, 2.45) is 5.92 Å². The van der Waals surface area contributed by atoms with Crippen LogP contribution in [0, 0.1) is 12.8 Å². The fraction of sp³-hybridized carbons (Fsp3) is 0.556. The fourth-order valence-corrected chi connectivity index (χ4v) is 2.24. The minimum Gasteiger partial charge on any atom is -0.494 e. The lowest BCUT2D eigenvalue weighted by Crippen LogP contribution is -2.41. The molecule has 0 aromatic heterocycles. The zero-order valence-corrected chi connectivity index (χ0v) is 14.2. The molecule has 0 unspecified atom stereocenters. The molecule has 23 heavy (non-hydrogen) atoms. The largest absolute Gasteiger partial charge is 0.494 e. The monoisotopic (exact) mass is 321 g/mol. The molecule has 0 bridgehead atoms. The van der Waals surface area contributed by atoms with E-state index in [-0.39, 0.29) is 11.8 Å². The van der Waals surface area contributed by atoms with Crippen LogP contribution in [0.2, 0.25) is 0 Å². The molecule has 0 saturated carbocycles. The van der Waals surface area contributed by atoms with E-state index in [1.807, 2.05) is 45.0 Å². The molecule has 0 saturated heterocycles. The van der Waals surface area contributed by atoms with Gasteiger partial charge in [-0.3, -0.25) is 4.79 Å². The maximum Gasteiger partial charge on any atom is 0.326 e. The van der Waals surface area contributed by atoms with E-state index in [1.165, 1.54) is 0 Å². The number of carboxylic acids is 1. The number of nitrogens with one attached hydrogen (secondary N) is 1. The second-order valence-corrected chi connectivity index (χ2v) is 6.21. The molecule has 0 aliphatic heterocycles. The van der Waals surface area contributed by atoms with Crippen LogP contribution in [0.15, 0.2) is 24.3 Å². The van der Waals surface area contributed by atoms with Crippen molar-refractivity contribution in [1.82, 2.24) is 5.32 Å². The molecule has 1 aromatic rings. The summed E-state index contributed by atoms with van der Waals surface area (Å²) >= 11 is 0. The average molecular weight is 321 g/mol. The van der Waals surface area contributed by atoms with E-state index >= 15 is 0 Å². The van der Waals surface area contributed by atoms with Crippen LogP contribution in [0.25, 0.3) is 0 Å². The normalized spacial score (nSPS) is 12.0. The first kappa shape index (κ1) is 19.0. The van der Waals surface area contributed by atoms with E-state index in [1.54, 1.807) is 0 Å². The van der Waals surface area contributed by atoms with Gasteiger partial charge in [0, 0.05) is 6.42 Å². The zero-order chi connectivity index (χ0) is 17.2. The standard InChI is InChI=1S/C18H27NO4/c1-13(2)11-16(18(21)22)19-17(20)9-4-5-10-23-15-8-6-7-14(3)12-15/h6-8,12-13,16H,4-5,9-11H2,1-3H3,(H,19,20)(H,21,22)/t16-/m1/s1. The molecule has 1 aromatic carbocycles. The molecular formula is C18H27NO4. The zero-order valence-electron chi connectivity index (χ0n) is 14.2. The molecular weight excluding hydrogens is 294 g/mol. The average Bonchev–Trinajstić information content (AvgIpc) is 2.45. The number of carbonyl (C=O) groups excluding carboxylic acids is 1. The van der Waals surface area contributed by atoms with Crippen LogP contribution in [-0.4, -0.2) is 29.6 Å². The van der Waals surface area contributed by atoms with Gasteiger partial charge < -0.3 is 15.2 Å². The van der Waals surface area contributed by atoms with Gasteiger partial charge in [0.05, 0.1) is 6.61 Å². The SMILES string of the molecule is Cc1cccc(OCCCCC(=O)N[C@H](CC(C)C)C(=O)O)c1. The number of unbranched alkanes of at least 4 members (excludes halogenated alkanes) is 1. The Kier molecular flexibility index (Phi) is 8.16. The molecule has 128 valence electrons. The van der Waals surface area contributed by atoms with Crippen molar-refractivity contribution in [3.8, 4) is 5.75 Å². The molecule has 5 nitrogen and oxygen atoms in total. The van der Waals surface area contributed by atoms with Gasteiger partial charge >= 0.3 is 5.97 Å². The second-order valence-electron chi connectivity index (χ2n) is 6.21. The molecule has 1 amide bonds. The lowest BCUT2D eigenvalue weighted by molar-refractivity contribution is -0.142. The highest BCUT2D eigenvalue weighted by atomic mass is 16.5. The molecule has 0 aliphatic rings. The van der Waals surface area contributed by atoms with Gasteiger partial charge in [0.1, 0.15) is 11.8 Å². The van der Waals surface area contributed by atoms with Crippen molar-refractivity contribution in [3.05, 3.63) is 29.8 Å². The number of benzene rings is 1. The Balaban J connectivity index is 2.21. The first-order valence-electron chi connectivity index (χ1n) is 8.10. The van der Waals surface area contributed by atoms with Crippen molar-refractivity contribution in [1.29, 1.82) is 0 Å². The Morgan fingerprint density at radius 1 is 1.26 bits per heavy atom. The van der Waals surface area contributed by atoms with Crippen LogP contribution in [0.1, 0.15) is 45.1 Å². The lowest BCUT2D eigenvalue weighted by Gasteiger charge is -2.16. The number of carbonyl (C=O) groups is 2. The summed E-state index contributed by atoms with van der Waals surface area (Å²) < 4.78 is 5.61. The topological polar surface area (TPSA) is 75.6 Å². The molecule has 0 spiro atoms. The predicted molar refractivity (Wildman–Crippen MR) is 89.5 cm³/mol. The van der Waals surface area contributed by atoms with E-state index in [0.717, 1.165) is 17.7 Å². The van der Waals surface area contributed by atoms with E-state index in [9.17, 15) is 9.59 Å². The summed E-state index contributed by atoms with van der Waals surface area (Å²) in [5.41, 5.74) is 1.15. The van der Waals surface area contributed by atoms with Gasteiger partial charge in [0.15, 0.2) is 0 Å². The predicted octanol–water partition coefficient (Wildman–Crippen LogP) is 3.16. The molecule has 1 atom stereocenters. The van der Waals surface area contributed by atoms with E-state index in [2.05, 4.69) is 5.32 Å². The van der Waals surface area contributed by atoms with Crippen LogP contribution < -0.4 is 10.1 Å². The number of amides is 1. The smallest absolute Gasteiger partial charge is 0.326 e. The van der Waals surface area contributed by atoms with Crippen molar-refractivity contribution >= 4 is 11.9 Å². The highest BCUT2D eigenvalue weighted by molar-refractivity contribution is 5.83. The lowest BCUT2D eigenvalue weighted by atomic mass is 10.0. The maximum atomic E-state index is 11.8.